The van der Waals surface area contributed by atoms with E-state index in [9.17, 15) is 19.5 Å². The fourth-order valence-corrected chi connectivity index (χ4v) is 2.46. The third-order valence-corrected chi connectivity index (χ3v) is 3.44. The number of likely N-dealkylation sites (N-methyl/N-ethyl adjacent to an activating group) is 1. The molecule has 7 heteroatoms. The van der Waals surface area contributed by atoms with Crippen molar-refractivity contribution in [3.8, 4) is 0 Å². The lowest BCUT2D eigenvalue weighted by atomic mass is 10.1. The predicted octanol–water partition coefficient (Wildman–Crippen LogP) is 0.892. The van der Waals surface area contributed by atoms with Gasteiger partial charge in [0.2, 0.25) is 5.91 Å². The largest absolute Gasteiger partial charge is 0.480 e. The summed E-state index contributed by atoms with van der Waals surface area (Å²) in [6.07, 6.45) is 2.98. The van der Waals surface area contributed by atoms with Crippen molar-refractivity contribution < 1.29 is 19.5 Å². The van der Waals surface area contributed by atoms with Crippen LogP contribution in [0.5, 0.6) is 0 Å². The van der Waals surface area contributed by atoms with E-state index in [-0.39, 0.29) is 18.5 Å². The van der Waals surface area contributed by atoms with Gasteiger partial charge in [0.25, 0.3) is 0 Å². The van der Waals surface area contributed by atoms with Gasteiger partial charge in [0.15, 0.2) is 0 Å². The zero-order valence-electron chi connectivity index (χ0n) is 13.0. The van der Waals surface area contributed by atoms with Gasteiger partial charge >= 0.3 is 12.0 Å². The number of likely N-dealkylation sites (tertiary alicyclic amines) is 1. The lowest BCUT2D eigenvalue weighted by Crippen LogP contribution is -2.52. The molecular weight excluding hydrogens is 274 g/mol. The molecule has 7 nitrogen and oxygen atoms in total. The molecule has 1 saturated heterocycles. The second-order valence-corrected chi connectivity index (χ2v) is 5.76. The fourth-order valence-electron chi connectivity index (χ4n) is 2.46. The van der Waals surface area contributed by atoms with Crippen molar-refractivity contribution in [1.29, 1.82) is 0 Å². The van der Waals surface area contributed by atoms with Crippen molar-refractivity contribution >= 4 is 17.9 Å². The van der Waals surface area contributed by atoms with E-state index in [0.717, 1.165) is 19.3 Å². The minimum absolute atomic E-state index is 0.00552. The lowest BCUT2D eigenvalue weighted by molar-refractivity contribution is -0.142. The first kappa shape index (κ1) is 17.3. The fraction of sp³-hybridized carbons (Fsp3) is 0.786. The Balaban J connectivity index is 2.69. The number of nitrogens with one attached hydrogen (secondary N) is 1. The molecule has 0 bridgehead atoms. The summed E-state index contributed by atoms with van der Waals surface area (Å²) in [5, 5.41) is 12.0. The Labute approximate surface area is 125 Å². The first-order valence-corrected chi connectivity index (χ1v) is 7.36. The SMILES string of the molecule is CC(C)NC(=O)CN(C)C(=O)N1CCCCCC1C(=O)O. The first-order valence-electron chi connectivity index (χ1n) is 7.36. The summed E-state index contributed by atoms with van der Waals surface area (Å²) in [6.45, 7) is 4.04. The van der Waals surface area contributed by atoms with E-state index in [0.29, 0.717) is 13.0 Å². The van der Waals surface area contributed by atoms with Crippen LogP contribution in [0.4, 0.5) is 4.79 Å². The number of urea groups is 1. The summed E-state index contributed by atoms with van der Waals surface area (Å²) in [7, 11) is 1.52. The second kappa shape index (κ2) is 7.85. The monoisotopic (exact) mass is 299 g/mol. The number of amides is 3. The van der Waals surface area contributed by atoms with Gasteiger partial charge in [-0.15, -0.1) is 0 Å². The van der Waals surface area contributed by atoms with Gasteiger partial charge in [-0.05, 0) is 26.7 Å². The standard InChI is InChI=1S/C14H25N3O4/c1-10(2)15-12(18)9-16(3)14(21)17-8-6-4-5-7-11(17)13(19)20/h10-11H,4-9H2,1-3H3,(H,15,18)(H,19,20). The number of rotatable bonds is 4. The van der Waals surface area contributed by atoms with E-state index in [4.69, 9.17) is 0 Å². The molecule has 1 fully saturated rings. The number of carboxylic acids is 1. The molecule has 0 aromatic heterocycles. The maximum atomic E-state index is 12.4. The maximum absolute atomic E-state index is 12.4. The van der Waals surface area contributed by atoms with Crippen molar-refractivity contribution in [1.82, 2.24) is 15.1 Å². The third-order valence-electron chi connectivity index (χ3n) is 3.44. The molecule has 2 N–H and O–H groups in total. The maximum Gasteiger partial charge on any atom is 0.326 e. The molecule has 0 aromatic carbocycles. The Bertz CT molecular complexity index is 398. The zero-order valence-corrected chi connectivity index (χ0v) is 13.0. The van der Waals surface area contributed by atoms with Crippen LogP contribution in [-0.4, -0.2) is 65.0 Å². The van der Waals surface area contributed by atoms with Crippen molar-refractivity contribution in [2.75, 3.05) is 20.1 Å². The molecule has 120 valence electrons. The molecule has 1 heterocycles. The van der Waals surface area contributed by atoms with Gasteiger partial charge in [0.05, 0.1) is 0 Å². The van der Waals surface area contributed by atoms with E-state index in [2.05, 4.69) is 5.32 Å². The molecule has 0 saturated carbocycles. The van der Waals surface area contributed by atoms with Gasteiger partial charge in [0, 0.05) is 19.6 Å². The smallest absolute Gasteiger partial charge is 0.326 e. The first-order chi connectivity index (χ1) is 9.82. The topological polar surface area (TPSA) is 90.0 Å². The molecule has 1 aliphatic heterocycles. The van der Waals surface area contributed by atoms with Gasteiger partial charge in [-0.2, -0.15) is 0 Å². The minimum Gasteiger partial charge on any atom is -0.480 e. The van der Waals surface area contributed by atoms with Crippen LogP contribution < -0.4 is 5.32 Å². The average molecular weight is 299 g/mol. The molecule has 1 unspecified atom stereocenters. The van der Waals surface area contributed by atoms with E-state index >= 15 is 0 Å². The van der Waals surface area contributed by atoms with Gasteiger partial charge in [-0.1, -0.05) is 12.8 Å². The lowest BCUT2D eigenvalue weighted by Gasteiger charge is -2.31. The Kier molecular flexibility index (Phi) is 6.45. The van der Waals surface area contributed by atoms with Gasteiger partial charge < -0.3 is 20.2 Å². The molecule has 3 amide bonds. The number of nitrogens with zero attached hydrogens (tertiary/aromatic N) is 2. The average Bonchev–Trinajstić information content (AvgIpc) is 2.61. The number of carbonyl (C=O) groups excluding carboxylic acids is 2. The number of aliphatic carboxylic acids is 1. The van der Waals surface area contributed by atoms with Gasteiger partial charge in [-0.3, -0.25) is 4.79 Å². The van der Waals surface area contributed by atoms with Crippen molar-refractivity contribution in [3.63, 3.8) is 0 Å². The van der Waals surface area contributed by atoms with Crippen molar-refractivity contribution in [3.05, 3.63) is 0 Å². The molecule has 1 rings (SSSR count). The molecule has 0 aromatic rings. The summed E-state index contributed by atoms with van der Waals surface area (Å²) >= 11 is 0. The van der Waals surface area contributed by atoms with Crippen LogP contribution in [-0.2, 0) is 9.59 Å². The number of hydrogen-bond acceptors (Lipinski definition) is 3. The Hall–Kier alpha value is -1.79. The summed E-state index contributed by atoms with van der Waals surface area (Å²) in [4.78, 5) is 38.1. The van der Waals surface area contributed by atoms with E-state index in [1.807, 2.05) is 13.8 Å². The van der Waals surface area contributed by atoms with Crippen LogP contribution in [0.1, 0.15) is 39.5 Å². The van der Waals surface area contributed by atoms with Crippen LogP contribution in [0.3, 0.4) is 0 Å². The molecule has 1 atom stereocenters. The van der Waals surface area contributed by atoms with Crippen LogP contribution in [0.25, 0.3) is 0 Å². The molecular formula is C14H25N3O4. The summed E-state index contributed by atoms with van der Waals surface area (Å²) in [5.41, 5.74) is 0. The van der Waals surface area contributed by atoms with Crippen LogP contribution in [0, 0.1) is 0 Å². The summed E-state index contributed by atoms with van der Waals surface area (Å²) in [5.74, 6) is -1.23. The van der Waals surface area contributed by atoms with Crippen molar-refractivity contribution in [2.45, 2.75) is 51.6 Å². The highest BCUT2D eigenvalue weighted by atomic mass is 16.4. The molecule has 0 aliphatic carbocycles. The summed E-state index contributed by atoms with van der Waals surface area (Å²) in [6, 6.07) is -1.19. The van der Waals surface area contributed by atoms with Crippen molar-refractivity contribution in [2.24, 2.45) is 0 Å². The highest BCUT2D eigenvalue weighted by Crippen LogP contribution is 2.18. The normalized spacial score (nSPS) is 19.0. The van der Waals surface area contributed by atoms with Crippen LogP contribution in [0.15, 0.2) is 0 Å². The quantitative estimate of drug-likeness (QED) is 0.806. The molecule has 21 heavy (non-hydrogen) atoms. The summed E-state index contributed by atoms with van der Waals surface area (Å²) < 4.78 is 0. The highest BCUT2D eigenvalue weighted by Gasteiger charge is 2.32. The van der Waals surface area contributed by atoms with Crippen LogP contribution >= 0.6 is 0 Å². The minimum atomic E-state index is -0.981. The molecule has 0 spiro atoms. The van der Waals surface area contributed by atoms with E-state index in [1.54, 1.807) is 0 Å². The van der Waals surface area contributed by atoms with Gasteiger partial charge in [0.1, 0.15) is 12.6 Å². The second-order valence-electron chi connectivity index (χ2n) is 5.76. The number of hydrogen-bond donors (Lipinski definition) is 2. The van der Waals surface area contributed by atoms with E-state index < -0.39 is 18.0 Å². The predicted molar refractivity (Wildman–Crippen MR) is 77.9 cm³/mol. The molecule has 0 radical (unpaired) electrons. The highest BCUT2D eigenvalue weighted by molar-refractivity contribution is 5.86. The Morgan fingerprint density at radius 1 is 1.29 bits per heavy atom. The zero-order chi connectivity index (χ0) is 16.0. The van der Waals surface area contributed by atoms with Gasteiger partial charge in [-0.25, -0.2) is 9.59 Å². The molecule has 1 aliphatic rings. The number of carbonyl (C=O) groups is 3. The van der Waals surface area contributed by atoms with E-state index in [1.165, 1.54) is 16.8 Å². The Morgan fingerprint density at radius 2 is 1.95 bits per heavy atom. The Morgan fingerprint density at radius 3 is 2.52 bits per heavy atom. The third kappa shape index (κ3) is 5.24. The number of carboxylic acid groups (broad SMARTS) is 1. The van der Waals surface area contributed by atoms with Crippen LogP contribution in [0.2, 0.25) is 0 Å².